The lowest BCUT2D eigenvalue weighted by atomic mass is 9.97. The predicted molar refractivity (Wildman–Crippen MR) is 77.5 cm³/mol. The minimum Gasteiger partial charge on any atom is -0.370 e. The zero-order valence-corrected chi connectivity index (χ0v) is 12.0. The van der Waals surface area contributed by atoms with Crippen LogP contribution in [0.3, 0.4) is 0 Å². The molecule has 1 fully saturated rings. The van der Waals surface area contributed by atoms with Crippen LogP contribution in [-0.2, 0) is 11.3 Å². The Hall–Kier alpha value is -1.93. The summed E-state index contributed by atoms with van der Waals surface area (Å²) in [6, 6.07) is 6.49. The summed E-state index contributed by atoms with van der Waals surface area (Å²) in [7, 11) is 0. The van der Waals surface area contributed by atoms with E-state index in [9.17, 15) is 9.18 Å². The molecule has 0 spiro atoms. The van der Waals surface area contributed by atoms with Crippen LogP contribution in [-0.4, -0.2) is 23.9 Å². The van der Waals surface area contributed by atoms with Crippen molar-refractivity contribution in [2.45, 2.75) is 32.2 Å². The van der Waals surface area contributed by atoms with Gasteiger partial charge in [0.1, 0.15) is 5.82 Å². The molecular formula is C16H20FN3O. The largest absolute Gasteiger partial charge is 0.370 e. The molecule has 0 aliphatic carbocycles. The van der Waals surface area contributed by atoms with E-state index in [0.717, 1.165) is 32.4 Å². The molecule has 0 bridgehead atoms. The quantitative estimate of drug-likeness (QED) is 0.923. The third-order valence-electron chi connectivity index (χ3n) is 4.00. The highest BCUT2D eigenvalue weighted by atomic mass is 19.1. The normalized spacial score (nSPS) is 19.7. The summed E-state index contributed by atoms with van der Waals surface area (Å²) in [5.74, 6) is -0.184. The minimum atomic E-state index is -0.271. The number of hydrogen-bond donors (Lipinski definition) is 1. The molecule has 1 aromatic rings. The van der Waals surface area contributed by atoms with E-state index in [-0.39, 0.29) is 11.7 Å². The number of rotatable bonds is 4. The third-order valence-corrected chi connectivity index (χ3v) is 4.00. The number of benzene rings is 1. The Labute approximate surface area is 124 Å². The van der Waals surface area contributed by atoms with Gasteiger partial charge in [0.2, 0.25) is 5.91 Å². The van der Waals surface area contributed by atoms with E-state index >= 15 is 0 Å². The number of primary amides is 1. The van der Waals surface area contributed by atoms with Gasteiger partial charge in [0.25, 0.3) is 0 Å². The number of likely N-dealkylation sites (tertiary alicyclic amines) is 1. The van der Waals surface area contributed by atoms with Gasteiger partial charge in [-0.2, -0.15) is 5.26 Å². The molecule has 2 N–H and O–H groups in total. The Morgan fingerprint density at radius 2 is 2.24 bits per heavy atom. The zero-order valence-electron chi connectivity index (χ0n) is 12.0. The summed E-state index contributed by atoms with van der Waals surface area (Å²) in [5, 5.41) is 8.89. The number of hydrogen-bond acceptors (Lipinski definition) is 3. The van der Waals surface area contributed by atoms with E-state index in [0.29, 0.717) is 30.0 Å². The molecule has 112 valence electrons. The van der Waals surface area contributed by atoms with Gasteiger partial charge in [-0.15, -0.1) is 0 Å². The number of carbonyl (C=O) groups excluding carboxylic acids is 1. The zero-order chi connectivity index (χ0) is 15.2. The fraction of sp³-hybridized carbons (Fsp3) is 0.500. The highest BCUT2D eigenvalue weighted by molar-refractivity contribution is 5.73. The highest BCUT2D eigenvalue weighted by Gasteiger charge is 2.19. The summed E-state index contributed by atoms with van der Waals surface area (Å²) in [5.41, 5.74) is 6.29. The molecule has 1 aliphatic heterocycles. The molecule has 1 aromatic carbocycles. The van der Waals surface area contributed by atoms with Gasteiger partial charge in [0.15, 0.2) is 0 Å². The van der Waals surface area contributed by atoms with Gasteiger partial charge < -0.3 is 5.73 Å². The fourth-order valence-corrected chi connectivity index (χ4v) is 2.88. The van der Waals surface area contributed by atoms with Crippen molar-refractivity contribution in [3.8, 4) is 6.07 Å². The lowest BCUT2D eigenvalue weighted by molar-refractivity contribution is -0.119. The van der Waals surface area contributed by atoms with Crippen molar-refractivity contribution in [3.63, 3.8) is 0 Å². The molecule has 21 heavy (non-hydrogen) atoms. The van der Waals surface area contributed by atoms with E-state index in [1.54, 1.807) is 6.07 Å². The van der Waals surface area contributed by atoms with Crippen molar-refractivity contribution < 1.29 is 9.18 Å². The molecule has 1 saturated heterocycles. The van der Waals surface area contributed by atoms with Gasteiger partial charge in [0.05, 0.1) is 11.6 Å². The molecule has 5 heteroatoms. The fourth-order valence-electron chi connectivity index (χ4n) is 2.88. The van der Waals surface area contributed by atoms with Crippen LogP contribution >= 0.6 is 0 Å². The van der Waals surface area contributed by atoms with Gasteiger partial charge in [0, 0.05) is 18.5 Å². The third kappa shape index (κ3) is 4.54. The standard InChI is InChI=1S/C16H20FN3O/c17-15-4-3-13(10-18)8-14(15)11-20-6-1-2-12(5-7-20)9-16(19)21/h3-4,8,12H,1-2,5-7,9,11H2,(H2,19,21). The van der Waals surface area contributed by atoms with E-state index in [1.807, 2.05) is 6.07 Å². The van der Waals surface area contributed by atoms with Crippen LogP contribution < -0.4 is 5.73 Å². The molecule has 4 nitrogen and oxygen atoms in total. The van der Waals surface area contributed by atoms with Gasteiger partial charge in [-0.25, -0.2) is 4.39 Å². The maximum absolute atomic E-state index is 13.8. The first kappa shape index (κ1) is 15.5. The molecular weight excluding hydrogens is 269 g/mol. The van der Waals surface area contributed by atoms with Crippen LogP contribution in [0, 0.1) is 23.1 Å². The van der Waals surface area contributed by atoms with Crippen molar-refractivity contribution in [2.24, 2.45) is 11.7 Å². The van der Waals surface area contributed by atoms with Crippen LogP contribution in [0.1, 0.15) is 36.8 Å². The number of halogens is 1. The number of amides is 1. The smallest absolute Gasteiger partial charge is 0.217 e. The summed E-state index contributed by atoms with van der Waals surface area (Å²) < 4.78 is 13.8. The van der Waals surface area contributed by atoms with Gasteiger partial charge in [-0.3, -0.25) is 9.69 Å². The van der Waals surface area contributed by atoms with Gasteiger partial charge in [-0.05, 0) is 56.5 Å². The molecule has 0 radical (unpaired) electrons. The molecule has 0 aromatic heterocycles. The second-order valence-electron chi connectivity index (χ2n) is 5.66. The first-order valence-corrected chi connectivity index (χ1v) is 7.27. The van der Waals surface area contributed by atoms with Crippen LogP contribution in [0.15, 0.2) is 18.2 Å². The second-order valence-corrected chi connectivity index (χ2v) is 5.66. The summed E-state index contributed by atoms with van der Waals surface area (Å²) in [4.78, 5) is 13.2. The van der Waals surface area contributed by atoms with E-state index in [4.69, 9.17) is 11.0 Å². The summed E-state index contributed by atoms with van der Waals surface area (Å²) in [6.45, 7) is 2.21. The number of nitrogens with zero attached hydrogens (tertiary/aromatic N) is 2. The van der Waals surface area contributed by atoms with Crippen molar-refractivity contribution in [2.75, 3.05) is 13.1 Å². The van der Waals surface area contributed by atoms with Crippen LogP contribution in [0.25, 0.3) is 0 Å². The maximum Gasteiger partial charge on any atom is 0.217 e. The highest BCUT2D eigenvalue weighted by Crippen LogP contribution is 2.22. The predicted octanol–water partition coefficient (Wildman–Crippen LogP) is 2.17. The first-order valence-electron chi connectivity index (χ1n) is 7.27. The molecule has 1 atom stereocenters. The van der Waals surface area contributed by atoms with Crippen molar-refractivity contribution >= 4 is 5.91 Å². The Bertz CT molecular complexity index is 553. The van der Waals surface area contributed by atoms with Crippen molar-refractivity contribution in [3.05, 3.63) is 35.1 Å². The molecule has 1 amide bonds. The SMILES string of the molecule is N#Cc1ccc(F)c(CN2CCCC(CC(N)=O)CC2)c1. The Morgan fingerprint density at radius 3 is 2.95 bits per heavy atom. The molecule has 2 rings (SSSR count). The molecule has 1 aliphatic rings. The number of nitriles is 1. The second kappa shape index (κ2) is 7.19. The van der Waals surface area contributed by atoms with E-state index in [2.05, 4.69) is 4.90 Å². The molecule has 0 saturated carbocycles. The van der Waals surface area contributed by atoms with E-state index < -0.39 is 0 Å². The van der Waals surface area contributed by atoms with Gasteiger partial charge in [-0.1, -0.05) is 0 Å². The van der Waals surface area contributed by atoms with Gasteiger partial charge >= 0.3 is 0 Å². The topological polar surface area (TPSA) is 70.1 Å². The maximum atomic E-state index is 13.8. The van der Waals surface area contributed by atoms with Crippen LogP contribution in [0.5, 0.6) is 0 Å². The average Bonchev–Trinajstić information content (AvgIpc) is 2.66. The van der Waals surface area contributed by atoms with E-state index in [1.165, 1.54) is 12.1 Å². The lowest BCUT2D eigenvalue weighted by Gasteiger charge is -2.20. The summed E-state index contributed by atoms with van der Waals surface area (Å²) in [6.07, 6.45) is 3.31. The van der Waals surface area contributed by atoms with Crippen molar-refractivity contribution in [1.29, 1.82) is 5.26 Å². The number of nitrogens with two attached hydrogens (primary N) is 1. The summed E-state index contributed by atoms with van der Waals surface area (Å²) >= 11 is 0. The Morgan fingerprint density at radius 1 is 1.43 bits per heavy atom. The molecule has 1 unspecified atom stereocenters. The monoisotopic (exact) mass is 289 g/mol. The van der Waals surface area contributed by atoms with Crippen LogP contribution in [0.2, 0.25) is 0 Å². The lowest BCUT2D eigenvalue weighted by Crippen LogP contribution is -2.25. The first-order chi connectivity index (χ1) is 10.1. The number of carbonyl (C=O) groups is 1. The Kier molecular flexibility index (Phi) is 5.29. The van der Waals surface area contributed by atoms with Crippen molar-refractivity contribution in [1.82, 2.24) is 4.90 Å². The minimum absolute atomic E-state index is 0.249. The molecule has 1 heterocycles. The average molecular weight is 289 g/mol. The van der Waals surface area contributed by atoms with Crippen LogP contribution in [0.4, 0.5) is 4.39 Å². The Balaban J connectivity index is 1.98.